The van der Waals surface area contributed by atoms with Crippen LogP contribution in [0.25, 0.3) is 0 Å². The van der Waals surface area contributed by atoms with Gasteiger partial charge in [-0.2, -0.15) is 0 Å². The van der Waals surface area contributed by atoms with Gasteiger partial charge < -0.3 is 10.6 Å². The number of carbonyl (C=O) groups excluding carboxylic acids is 1. The van der Waals surface area contributed by atoms with Gasteiger partial charge in [-0.05, 0) is 39.3 Å². The molecule has 6 heteroatoms. The maximum atomic E-state index is 13.1. The van der Waals surface area contributed by atoms with Gasteiger partial charge in [0.05, 0.1) is 15.7 Å². The first-order valence-electron chi connectivity index (χ1n) is 6.39. The topological polar surface area (TPSA) is 41.1 Å². The van der Waals surface area contributed by atoms with E-state index < -0.39 is 11.9 Å². The van der Waals surface area contributed by atoms with Gasteiger partial charge in [-0.25, -0.2) is 4.39 Å². The molecule has 112 valence electrons. The Morgan fingerprint density at radius 2 is 1.85 bits per heavy atom. The molecule has 0 aliphatic rings. The van der Waals surface area contributed by atoms with Crippen LogP contribution in [0.15, 0.2) is 12.1 Å². The molecule has 0 bridgehead atoms. The zero-order valence-electron chi connectivity index (χ0n) is 12.0. The third-order valence-corrected chi connectivity index (χ3v) is 3.70. The molecule has 3 nitrogen and oxygen atoms in total. The SMILES string of the molecule is CCC(C)(C)NC(=O)C(C)Nc1c(Cl)cc(F)cc1Cl. The maximum Gasteiger partial charge on any atom is 0.242 e. The average molecular weight is 321 g/mol. The first-order valence-corrected chi connectivity index (χ1v) is 7.15. The predicted octanol–water partition coefficient (Wildman–Crippen LogP) is 4.24. The van der Waals surface area contributed by atoms with Crippen LogP contribution in [0.1, 0.15) is 34.1 Å². The molecule has 1 unspecified atom stereocenters. The fraction of sp³-hybridized carbons (Fsp3) is 0.500. The largest absolute Gasteiger partial charge is 0.371 e. The van der Waals surface area contributed by atoms with E-state index in [9.17, 15) is 9.18 Å². The Labute approximate surface area is 128 Å². The number of amides is 1. The molecule has 2 N–H and O–H groups in total. The molecule has 0 aromatic heterocycles. The standard InChI is InChI=1S/C14H19Cl2FN2O/c1-5-14(3,4)19-13(20)8(2)18-12-10(15)6-9(17)7-11(12)16/h6-8,18H,5H2,1-4H3,(H,19,20). The van der Waals surface area contributed by atoms with Crippen molar-refractivity contribution in [1.29, 1.82) is 0 Å². The van der Waals surface area contributed by atoms with Crippen LogP contribution in [0.5, 0.6) is 0 Å². The Morgan fingerprint density at radius 1 is 1.35 bits per heavy atom. The highest BCUT2D eigenvalue weighted by molar-refractivity contribution is 6.39. The quantitative estimate of drug-likeness (QED) is 0.852. The number of benzene rings is 1. The van der Waals surface area contributed by atoms with Crippen LogP contribution < -0.4 is 10.6 Å². The van der Waals surface area contributed by atoms with Crippen molar-refractivity contribution in [3.05, 3.63) is 28.0 Å². The third kappa shape index (κ3) is 4.53. The van der Waals surface area contributed by atoms with E-state index in [0.717, 1.165) is 18.6 Å². The van der Waals surface area contributed by atoms with Crippen molar-refractivity contribution in [2.24, 2.45) is 0 Å². The van der Waals surface area contributed by atoms with Gasteiger partial charge in [0.1, 0.15) is 11.9 Å². The second-order valence-corrected chi connectivity index (χ2v) is 6.15. The summed E-state index contributed by atoms with van der Waals surface area (Å²) in [4.78, 5) is 12.1. The molecule has 1 aromatic carbocycles. The Kier molecular flexibility index (Phi) is 5.66. The van der Waals surface area contributed by atoms with Gasteiger partial charge >= 0.3 is 0 Å². The zero-order valence-corrected chi connectivity index (χ0v) is 13.5. The van der Waals surface area contributed by atoms with Crippen LogP contribution in [0.3, 0.4) is 0 Å². The summed E-state index contributed by atoms with van der Waals surface area (Å²) in [5.74, 6) is -0.692. The van der Waals surface area contributed by atoms with Gasteiger partial charge in [0.25, 0.3) is 0 Å². The van der Waals surface area contributed by atoms with Crippen molar-refractivity contribution in [2.45, 2.75) is 45.7 Å². The molecule has 0 aliphatic carbocycles. The van der Waals surface area contributed by atoms with Crippen LogP contribution in [-0.4, -0.2) is 17.5 Å². The van der Waals surface area contributed by atoms with Gasteiger partial charge in [-0.3, -0.25) is 4.79 Å². The summed E-state index contributed by atoms with van der Waals surface area (Å²) >= 11 is 11.9. The summed E-state index contributed by atoms with van der Waals surface area (Å²) in [6, 6.07) is 1.76. The first kappa shape index (κ1) is 17.1. The number of hydrogen-bond acceptors (Lipinski definition) is 2. The highest BCUT2D eigenvalue weighted by Crippen LogP contribution is 2.31. The lowest BCUT2D eigenvalue weighted by Crippen LogP contribution is -2.48. The van der Waals surface area contributed by atoms with Crippen LogP contribution >= 0.6 is 23.2 Å². The lowest BCUT2D eigenvalue weighted by molar-refractivity contribution is -0.123. The lowest BCUT2D eigenvalue weighted by atomic mass is 10.0. The molecule has 0 radical (unpaired) electrons. The van der Waals surface area contributed by atoms with E-state index in [-0.39, 0.29) is 21.5 Å². The third-order valence-electron chi connectivity index (χ3n) is 3.11. The van der Waals surface area contributed by atoms with Crippen molar-refractivity contribution in [3.63, 3.8) is 0 Å². The zero-order chi connectivity index (χ0) is 15.5. The van der Waals surface area contributed by atoms with Crippen LogP contribution in [0, 0.1) is 5.82 Å². The van der Waals surface area contributed by atoms with Crippen molar-refractivity contribution >= 4 is 34.8 Å². The van der Waals surface area contributed by atoms with Crippen molar-refractivity contribution in [1.82, 2.24) is 5.32 Å². The summed E-state index contributed by atoms with van der Waals surface area (Å²) in [6.07, 6.45) is 0.809. The smallest absolute Gasteiger partial charge is 0.242 e. The molecule has 0 saturated carbocycles. The minimum atomic E-state index is -0.540. The minimum absolute atomic E-state index is 0.143. The summed E-state index contributed by atoms with van der Waals surface area (Å²) in [6.45, 7) is 7.56. The van der Waals surface area contributed by atoms with Gasteiger partial charge in [0, 0.05) is 5.54 Å². The number of halogens is 3. The molecule has 0 heterocycles. The second-order valence-electron chi connectivity index (χ2n) is 5.34. The molecular formula is C14H19Cl2FN2O. The van der Waals surface area contributed by atoms with Crippen molar-refractivity contribution in [3.8, 4) is 0 Å². The van der Waals surface area contributed by atoms with Gasteiger partial charge in [0.15, 0.2) is 0 Å². The monoisotopic (exact) mass is 320 g/mol. The van der Waals surface area contributed by atoms with E-state index >= 15 is 0 Å². The molecule has 1 atom stereocenters. The summed E-state index contributed by atoms with van der Waals surface area (Å²) < 4.78 is 13.1. The Hall–Kier alpha value is -1.00. The number of carbonyl (C=O) groups is 1. The van der Waals surface area contributed by atoms with Crippen LogP contribution in [-0.2, 0) is 4.79 Å². The molecule has 1 aromatic rings. The van der Waals surface area contributed by atoms with E-state index in [0.29, 0.717) is 5.69 Å². The number of rotatable bonds is 5. The fourth-order valence-corrected chi connectivity index (χ4v) is 2.06. The van der Waals surface area contributed by atoms with Gasteiger partial charge in [-0.15, -0.1) is 0 Å². The van der Waals surface area contributed by atoms with Crippen molar-refractivity contribution < 1.29 is 9.18 Å². The van der Waals surface area contributed by atoms with E-state index in [1.54, 1.807) is 6.92 Å². The summed E-state index contributed by atoms with van der Waals surface area (Å²) in [7, 11) is 0. The van der Waals surface area contributed by atoms with E-state index in [1.807, 2.05) is 20.8 Å². The lowest BCUT2D eigenvalue weighted by Gasteiger charge is -2.27. The molecular weight excluding hydrogens is 302 g/mol. The Balaban J connectivity index is 2.81. The maximum absolute atomic E-state index is 13.1. The normalized spacial score (nSPS) is 12.9. The van der Waals surface area contributed by atoms with E-state index in [2.05, 4.69) is 10.6 Å². The molecule has 0 spiro atoms. The second kappa shape index (κ2) is 6.64. The average Bonchev–Trinajstić information content (AvgIpc) is 2.32. The van der Waals surface area contributed by atoms with Gasteiger partial charge in [0.2, 0.25) is 5.91 Å². The van der Waals surface area contributed by atoms with Crippen LogP contribution in [0.4, 0.5) is 10.1 Å². The first-order chi connectivity index (χ1) is 9.16. The molecule has 1 amide bonds. The Bertz CT molecular complexity index is 483. The molecule has 0 saturated heterocycles. The highest BCUT2D eigenvalue weighted by atomic mass is 35.5. The summed E-state index contributed by atoms with van der Waals surface area (Å²) in [5, 5.41) is 6.11. The van der Waals surface area contributed by atoms with Gasteiger partial charge in [-0.1, -0.05) is 30.1 Å². The molecule has 1 rings (SSSR count). The molecule has 0 aliphatic heterocycles. The number of nitrogens with one attached hydrogen (secondary N) is 2. The van der Waals surface area contributed by atoms with Crippen molar-refractivity contribution in [2.75, 3.05) is 5.32 Å². The summed E-state index contributed by atoms with van der Waals surface area (Å²) in [5.41, 5.74) is 0.0651. The minimum Gasteiger partial charge on any atom is -0.371 e. The number of anilines is 1. The molecule has 20 heavy (non-hydrogen) atoms. The highest BCUT2D eigenvalue weighted by Gasteiger charge is 2.22. The van der Waals surface area contributed by atoms with E-state index in [1.165, 1.54) is 0 Å². The molecule has 0 fully saturated rings. The fourth-order valence-electron chi connectivity index (χ4n) is 1.49. The van der Waals surface area contributed by atoms with Crippen LogP contribution in [0.2, 0.25) is 10.0 Å². The Morgan fingerprint density at radius 3 is 2.30 bits per heavy atom. The predicted molar refractivity (Wildman–Crippen MR) is 82.0 cm³/mol. The van der Waals surface area contributed by atoms with E-state index in [4.69, 9.17) is 23.2 Å². The number of hydrogen-bond donors (Lipinski definition) is 2.